The SMILES string of the molecule is C[C@H]1CN(c2ccc(C(F)(F)F)cn2)C(=O)c2ccnn21.S. The molecule has 0 spiro atoms. The van der Waals surface area contributed by atoms with E-state index >= 15 is 0 Å². The number of rotatable bonds is 1. The monoisotopic (exact) mass is 330 g/mol. The molecule has 0 aliphatic carbocycles. The number of amides is 1. The highest BCUT2D eigenvalue weighted by Gasteiger charge is 2.33. The van der Waals surface area contributed by atoms with E-state index in [4.69, 9.17) is 0 Å². The molecule has 0 unspecified atom stereocenters. The number of hydrogen-bond donors (Lipinski definition) is 0. The number of fused-ring (bicyclic) bond motifs is 1. The van der Waals surface area contributed by atoms with Crippen molar-refractivity contribution >= 4 is 25.2 Å². The summed E-state index contributed by atoms with van der Waals surface area (Å²) >= 11 is 0. The Morgan fingerprint density at radius 1 is 1.27 bits per heavy atom. The van der Waals surface area contributed by atoms with Crippen molar-refractivity contribution in [3.8, 4) is 0 Å². The number of alkyl halides is 3. The summed E-state index contributed by atoms with van der Waals surface area (Å²) in [5.41, 5.74) is -0.441. The van der Waals surface area contributed by atoms with E-state index in [9.17, 15) is 18.0 Å². The highest BCUT2D eigenvalue weighted by atomic mass is 32.1. The van der Waals surface area contributed by atoms with Gasteiger partial charge in [0.2, 0.25) is 0 Å². The average Bonchev–Trinajstić information content (AvgIpc) is 2.92. The molecule has 1 aliphatic heterocycles. The predicted octanol–water partition coefficient (Wildman–Crippen LogP) is 2.63. The van der Waals surface area contributed by atoms with Gasteiger partial charge in [-0.25, -0.2) is 4.98 Å². The number of carbonyl (C=O) groups is 1. The molecule has 5 nitrogen and oxygen atoms in total. The number of carbonyl (C=O) groups excluding carboxylic acids is 1. The van der Waals surface area contributed by atoms with Crippen molar-refractivity contribution < 1.29 is 18.0 Å². The van der Waals surface area contributed by atoms with E-state index in [1.54, 1.807) is 10.7 Å². The van der Waals surface area contributed by atoms with Crippen molar-refractivity contribution in [3.63, 3.8) is 0 Å². The maximum Gasteiger partial charge on any atom is 0.417 e. The molecule has 0 saturated heterocycles. The average molecular weight is 330 g/mol. The smallest absolute Gasteiger partial charge is 0.289 e. The van der Waals surface area contributed by atoms with E-state index in [0.29, 0.717) is 12.2 Å². The van der Waals surface area contributed by atoms with Gasteiger partial charge in [-0.1, -0.05) is 0 Å². The van der Waals surface area contributed by atoms with Crippen molar-refractivity contribution in [1.82, 2.24) is 14.8 Å². The molecule has 0 aromatic carbocycles. The maximum atomic E-state index is 12.5. The number of nitrogens with zero attached hydrogens (tertiary/aromatic N) is 4. The second-order valence-corrected chi connectivity index (χ2v) is 4.83. The minimum Gasteiger partial charge on any atom is -0.289 e. The molecule has 0 fully saturated rings. The minimum atomic E-state index is -4.44. The van der Waals surface area contributed by atoms with E-state index in [1.165, 1.54) is 17.2 Å². The van der Waals surface area contributed by atoms with E-state index in [2.05, 4.69) is 10.1 Å². The lowest BCUT2D eigenvalue weighted by atomic mass is 10.2. The summed E-state index contributed by atoms with van der Waals surface area (Å²) in [6, 6.07) is 3.64. The van der Waals surface area contributed by atoms with Gasteiger partial charge in [-0.05, 0) is 25.1 Å². The fourth-order valence-electron chi connectivity index (χ4n) is 2.31. The number of hydrogen-bond acceptors (Lipinski definition) is 3. The topological polar surface area (TPSA) is 51.0 Å². The molecule has 1 atom stereocenters. The van der Waals surface area contributed by atoms with Crippen LogP contribution in [0.2, 0.25) is 0 Å². The van der Waals surface area contributed by atoms with Gasteiger partial charge in [0.05, 0.1) is 11.6 Å². The lowest BCUT2D eigenvalue weighted by molar-refractivity contribution is -0.137. The predicted molar refractivity (Wildman–Crippen MR) is 78.2 cm³/mol. The largest absolute Gasteiger partial charge is 0.417 e. The molecule has 3 heterocycles. The van der Waals surface area contributed by atoms with Crippen LogP contribution < -0.4 is 4.90 Å². The highest BCUT2D eigenvalue weighted by Crippen LogP contribution is 2.30. The zero-order valence-electron chi connectivity index (χ0n) is 11.5. The van der Waals surface area contributed by atoms with Gasteiger partial charge >= 0.3 is 6.18 Å². The minimum absolute atomic E-state index is 0. The van der Waals surface area contributed by atoms with Crippen LogP contribution in [0.25, 0.3) is 0 Å². The molecule has 2 aromatic heterocycles. The van der Waals surface area contributed by atoms with Crippen LogP contribution >= 0.6 is 13.5 Å². The van der Waals surface area contributed by atoms with Gasteiger partial charge in [0.15, 0.2) is 0 Å². The van der Waals surface area contributed by atoms with Crippen LogP contribution in [0.4, 0.5) is 19.0 Å². The summed E-state index contributed by atoms with van der Waals surface area (Å²) in [5, 5.41) is 4.06. The molecule has 1 amide bonds. The summed E-state index contributed by atoms with van der Waals surface area (Å²) < 4.78 is 39.2. The third-order valence-electron chi connectivity index (χ3n) is 3.35. The Balaban J connectivity index is 0.00000176. The molecule has 0 saturated carbocycles. The van der Waals surface area contributed by atoms with Crippen molar-refractivity contribution in [3.05, 3.63) is 41.9 Å². The highest BCUT2D eigenvalue weighted by molar-refractivity contribution is 7.59. The van der Waals surface area contributed by atoms with Gasteiger partial charge < -0.3 is 0 Å². The summed E-state index contributed by atoms with van der Waals surface area (Å²) in [6.45, 7) is 2.19. The first-order valence-electron chi connectivity index (χ1n) is 6.26. The Morgan fingerprint density at radius 3 is 2.59 bits per heavy atom. The molecular weight excluding hydrogens is 317 g/mol. The number of anilines is 1. The van der Waals surface area contributed by atoms with Crippen molar-refractivity contribution in [2.75, 3.05) is 11.4 Å². The van der Waals surface area contributed by atoms with E-state index in [-0.39, 0.29) is 31.3 Å². The molecule has 9 heteroatoms. The Bertz CT molecular complexity index is 683. The fraction of sp³-hybridized carbons (Fsp3) is 0.308. The molecular formula is C13H13F3N4OS. The van der Waals surface area contributed by atoms with Crippen LogP contribution in [0, 0.1) is 0 Å². The summed E-state index contributed by atoms with van der Waals surface area (Å²) in [6.07, 6.45) is -2.18. The molecule has 2 aromatic rings. The van der Waals surface area contributed by atoms with Crippen LogP contribution in [0.15, 0.2) is 30.6 Å². The van der Waals surface area contributed by atoms with Gasteiger partial charge in [-0.2, -0.15) is 31.8 Å². The molecule has 0 bridgehead atoms. The first-order chi connectivity index (χ1) is 9.88. The van der Waals surface area contributed by atoms with E-state index < -0.39 is 11.7 Å². The van der Waals surface area contributed by atoms with Crippen molar-refractivity contribution in [2.24, 2.45) is 0 Å². The Hall–Kier alpha value is -2.03. The zero-order valence-corrected chi connectivity index (χ0v) is 12.5. The first kappa shape index (κ1) is 16.3. The van der Waals surface area contributed by atoms with Gasteiger partial charge in [-0.3, -0.25) is 14.4 Å². The van der Waals surface area contributed by atoms with Crippen LogP contribution in [0.3, 0.4) is 0 Å². The maximum absolute atomic E-state index is 12.5. The summed E-state index contributed by atoms with van der Waals surface area (Å²) in [7, 11) is 0. The molecule has 0 radical (unpaired) electrons. The van der Waals surface area contributed by atoms with Crippen LogP contribution in [0.1, 0.15) is 29.0 Å². The van der Waals surface area contributed by atoms with Crippen LogP contribution in [0.5, 0.6) is 0 Å². The molecule has 118 valence electrons. The molecule has 1 aliphatic rings. The van der Waals surface area contributed by atoms with Gasteiger partial charge in [0, 0.05) is 18.9 Å². The molecule has 22 heavy (non-hydrogen) atoms. The van der Waals surface area contributed by atoms with E-state index in [1.807, 2.05) is 6.92 Å². The van der Waals surface area contributed by atoms with Gasteiger partial charge in [-0.15, -0.1) is 0 Å². The summed E-state index contributed by atoms with van der Waals surface area (Å²) in [4.78, 5) is 17.4. The van der Waals surface area contributed by atoms with Gasteiger partial charge in [0.1, 0.15) is 11.5 Å². The quantitative estimate of drug-likeness (QED) is 0.808. The fourth-order valence-corrected chi connectivity index (χ4v) is 2.31. The molecule has 3 rings (SSSR count). The van der Waals surface area contributed by atoms with E-state index in [0.717, 1.165) is 12.3 Å². The van der Waals surface area contributed by atoms with Crippen LogP contribution in [-0.2, 0) is 6.18 Å². The first-order valence-corrected chi connectivity index (χ1v) is 6.26. The number of pyridine rings is 1. The lowest BCUT2D eigenvalue weighted by Gasteiger charge is -2.31. The van der Waals surface area contributed by atoms with Gasteiger partial charge in [0.25, 0.3) is 5.91 Å². The third kappa shape index (κ3) is 2.68. The normalized spacial score (nSPS) is 17.9. The Kier molecular flexibility index (Phi) is 4.19. The van der Waals surface area contributed by atoms with Crippen molar-refractivity contribution in [2.45, 2.75) is 19.1 Å². The third-order valence-corrected chi connectivity index (χ3v) is 3.35. The molecule has 0 N–H and O–H groups in total. The number of aromatic nitrogens is 3. The van der Waals surface area contributed by atoms with Crippen molar-refractivity contribution in [1.29, 1.82) is 0 Å². The Morgan fingerprint density at radius 2 is 2.00 bits per heavy atom. The number of halogens is 3. The van der Waals surface area contributed by atoms with Crippen LogP contribution in [-0.4, -0.2) is 27.2 Å². The second-order valence-electron chi connectivity index (χ2n) is 4.83. The standard InChI is InChI=1S/C13H11F3N4O.H2S/c1-8-7-19(12(21)10-4-5-18-20(8)10)11-3-2-9(6-17-11)13(14,15)16;/h2-6,8H,7H2,1H3;1H2/t8-;/m0./s1. The second kappa shape index (κ2) is 5.64. The zero-order chi connectivity index (χ0) is 15.2. The summed E-state index contributed by atoms with van der Waals surface area (Å²) in [5.74, 6) is -0.120. The lowest BCUT2D eigenvalue weighted by Crippen LogP contribution is -2.43. The Labute approximate surface area is 131 Å².